The van der Waals surface area contributed by atoms with Crippen LogP contribution in [0.15, 0.2) is 36.5 Å². The van der Waals surface area contributed by atoms with Crippen molar-refractivity contribution < 1.29 is 9.18 Å². The van der Waals surface area contributed by atoms with Crippen LogP contribution in [-0.4, -0.2) is 47.0 Å². The van der Waals surface area contributed by atoms with Crippen molar-refractivity contribution in [1.82, 2.24) is 20.2 Å². The number of fused-ring (bicyclic) bond motifs is 1. The van der Waals surface area contributed by atoms with Gasteiger partial charge in [-0.1, -0.05) is 13.8 Å². The van der Waals surface area contributed by atoms with Crippen molar-refractivity contribution in [3.05, 3.63) is 59.0 Å². The smallest absolute Gasteiger partial charge is 0.256 e. The number of rotatable bonds is 7. The molecule has 6 nitrogen and oxygen atoms in total. The van der Waals surface area contributed by atoms with Crippen molar-refractivity contribution in [2.75, 3.05) is 20.1 Å². The van der Waals surface area contributed by atoms with Gasteiger partial charge in [0.1, 0.15) is 11.3 Å². The van der Waals surface area contributed by atoms with Gasteiger partial charge in [0, 0.05) is 31.4 Å². The molecule has 3 heterocycles. The molecule has 3 aromatic rings. The minimum Gasteiger partial charge on any atom is -0.340 e. The average molecular weight is 460 g/mol. The molecule has 1 amide bonds. The van der Waals surface area contributed by atoms with Crippen LogP contribution >= 0.6 is 0 Å². The second-order valence-corrected chi connectivity index (χ2v) is 9.47. The summed E-state index contributed by atoms with van der Waals surface area (Å²) >= 11 is 0. The van der Waals surface area contributed by atoms with Gasteiger partial charge < -0.3 is 10.2 Å². The lowest BCUT2D eigenvalue weighted by Gasteiger charge is -2.23. The number of benzene rings is 1. The number of carbonyl (C=O) groups excluding carboxylic acids is 1. The molecule has 0 aliphatic carbocycles. The second kappa shape index (κ2) is 10.3. The normalized spacial score (nSPS) is 15.6. The number of nitrogens with zero attached hydrogens (tertiary/aromatic N) is 4. The highest BCUT2D eigenvalue weighted by molar-refractivity contribution is 6.06. The third kappa shape index (κ3) is 5.23. The van der Waals surface area contributed by atoms with Gasteiger partial charge in [-0.05, 0) is 74.0 Å². The molecular weight excluding hydrogens is 429 g/mol. The van der Waals surface area contributed by atoms with E-state index in [0.717, 1.165) is 37.8 Å². The number of hydrogen-bond acceptors (Lipinski definition) is 5. The molecule has 0 unspecified atom stereocenters. The number of nitriles is 1. The van der Waals surface area contributed by atoms with E-state index in [4.69, 9.17) is 4.98 Å². The summed E-state index contributed by atoms with van der Waals surface area (Å²) in [5.74, 6) is -0.101. The molecule has 7 heteroatoms. The largest absolute Gasteiger partial charge is 0.340 e. The van der Waals surface area contributed by atoms with Crippen LogP contribution in [0.4, 0.5) is 4.39 Å². The van der Waals surface area contributed by atoms with Crippen LogP contribution in [0, 0.1) is 23.1 Å². The Hall–Kier alpha value is -3.37. The predicted molar refractivity (Wildman–Crippen MR) is 131 cm³/mol. The molecule has 1 atom stereocenters. The van der Waals surface area contributed by atoms with Gasteiger partial charge >= 0.3 is 0 Å². The summed E-state index contributed by atoms with van der Waals surface area (Å²) in [6.45, 7) is 5.91. The lowest BCUT2D eigenvalue weighted by Crippen LogP contribution is -2.39. The summed E-state index contributed by atoms with van der Waals surface area (Å²) in [7, 11) is 1.83. The Balaban J connectivity index is 1.81. The molecule has 1 N–H and O–H groups in total. The number of pyridine rings is 2. The van der Waals surface area contributed by atoms with E-state index in [-0.39, 0.29) is 11.5 Å². The Labute approximate surface area is 199 Å². The molecule has 0 saturated carbocycles. The predicted octanol–water partition coefficient (Wildman–Crippen LogP) is 4.72. The van der Waals surface area contributed by atoms with Crippen molar-refractivity contribution in [2.24, 2.45) is 5.92 Å². The minimum absolute atomic E-state index is 0.0820. The molecule has 0 radical (unpaired) electrons. The van der Waals surface area contributed by atoms with Crippen LogP contribution < -0.4 is 5.32 Å². The van der Waals surface area contributed by atoms with Crippen LogP contribution in [0.2, 0.25) is 0 Å². The molecule has 34 heavy (non-hydrogen) atoms. The lowest BCUT2D eigenvalue weighted by atomic mass is 9.97. The minimum atomic E-state index is -0.500. The molecule has 1 saturated heterocycles. The third-order valence-corrected chi connectivity index (χ3v) is 6.32. The first-order chi connectivity index (χ1) is 16.4. The second-order valence-electron chi connectivity index (χ2n) is 9.47. The molecular formula is C27H30FN5O. The molecule has 176 valence electrons. The first-order valence-corrected chi connectivity index (χ1v) is 11.8. The number of aromatic nitrogens is 2. The molecule has 0 bridgehead atoms. The third-order valence-electron chi connectivity index (χ3n) is 6.32. The molecule has 4 rings (SSSR count). The van der Waals surface area contributed by atoms with Gasteiger partial charge in [0.25, 0.3) is 5.91 Å². The Morgan fingerprint density at radius 2 is 2.15 bits per heavy atom. The van der Waals surface area contributed by atoms with Gasteiger partial charge in [-0.3, -0.25) is 9.78 Å². The maximum absolute atomic E-state index is 14.1. The molecule has 1 aliphatic rings. The van der Waals surface area contributed by atoms with E-state index < -0.39 is 5.82 Å². The highest BCUT2D eigenvalue weighted by Crippen LogP contribution is 2.27. The Kier molecular flexibility index (Phi) is 7.18. The van der Waals surface area contributed by atoms with Gasteiger partial charge in [-0.25, -0.2) is 9.37 Å². The number of halogens is 1. The van der Waals surface area contributed by atoms with Gasteiger partial charge in [0.05, 0.1) is 28.4 Å². The summed E-state index contributed by atoms with van der Waals surface area (Å²) in [6, 6.07) is 9.97. The van der Waals surface area contributed by atoms with Crippen molar-refractivity contribution in [3.8, 4) is 17.3 Å². The van der Waals surface area contributed by atoms with Crippen molar-refractivity contribution in [1.29, 1.82) is 5.26 Å². The Morgan fingerprint density at radius 1 is 1.32 bits per heavy atom. The standard InChI is InChI=1S/C27H30FN5O/c1-17(2)6-7-19-15-31-24-9-8-23(20-11-18(14-29)12-21(28)13-20)32-26(24)25(19)27(34)33(3)16-22-5-4-10-30-22/h8-9,11-13,15,17,22,30H,4-7,10,16H2,1-3H3/t22-/m0/s1. The van der Waals surface area contributed by atoms with E-state index in [9.17, 15) is 14.4 Å². The van der Waals surface area contributed by atoms with E-state index in [0.29, 0.717) is 46.4 Å². The lowest BCUT2D eigenvalue weighted by molar-refractivity contribution is 0.0784. The molecule has 1 aromatic carbocycles. The van der Waals surface area contributed by atoms with Gasteiger partial charge in [-0.15, -0.1) is 0 Å². The van der Waals surface area contributed by atoms with E-state index >= 15 is 0 Å². The fourth-order valence-electron chi connectivity index (χ4n) is 4.46. The Bertz CT molecular complexity index is 1240. The summed E-state index contributed by atoms with van der Waals surface area (Å²) in [5, 5.41) is 12.7. The molecule has 0 spiro atoms. The van der Waals surface area contributed by atoms with Crippen LogP contribution in [0.25, 0.3) is 22.3 Å². The molecule has 1 fully saturated rings. The van der Waals surface area contributed by atoms with Crippen molar-refractivity contribution >= 4 is 16.9 Å². The topological polar surface area (TPSA) is 81.9 Å². The van der Waals surface area contributed by atoms with E-state index in [1.807, 2.05) is 13.1 Å². The fourth-order valence-corrected chi connectivity index (χ4v) is 4.46. The highest BCUT2D eigenvalue weighted by atomic mass is 19.1. The Morgan fingerprint density at radius 3 is 2.85 bits per heavy atom. The number of nitrogens with one attached hydrogen (secondary N) is 1. The summed E-state index contributed by atoms with van der Waals surface area (Å²) < 4.78 is 14.1. The first kappa shape index (κ1) is 23.8. The summed E-state index contributed by atoms with van der Waals surface area (Å²) in [4.78, 5) is 24.9. The van der Waals surface area contributed by atoms with Gasteiger partial charge in [-0.2, -0.15) is 5.26 Å². The number of likely N-dealkylation sites (N-methyl/N-ethyl adjacent to an activating group) is 1. The zero-order valence-corrected chi connectivity index (χ0v) is 19.9. The van der Waals surface area contributed by atoms with Gasteiger partial charge in [0.15, 0.2) is 0 Å². The molecule has 2 aromatic heterocycles. The van der Waals surface area contributed by atoms with E-state index in [1.54, 1.807) is 29.3 Å². The number of amides is 1. The summed E-state index contributed by atoms with van der Waals surface area (Å²) in [5.41, 5.74) is 3.78. The van der Waals surface area contributed by atoms with E-state index in [2.05, 4.69) is 24.1 Å². The molecule has 1 aliphatic heterocycles. The maximum Gasteiger partial charge on any atom is 0.256 e. The average Bonchev–Trinajstić information content (AvgIpc) is 3.34. The van der Waals surface area contributed by atoms with E-state index in [1.165, 1.54) is 12.1 Å². The monoisotopic (exact) mass is 459 g/mol. The number of hydrogen-bond donors (Lipinski definition) is 1. The highest BCUT2D eigenvalue weighted by Gasteiger charge is 2.24. The first-order valence-electron chi connectivity index (χ1n) is 11.8. The van der Waals surface area contributed by atoms with Crippen LogP contribution in [0.1, 0.15) is 54.6 Å². The van der Waals surface area contributed by atoms with Crippen LogP contribution in [0.5, 0.6) is 0 Å². The van der Waals surface area contributed by atoms with Crippen LogP contribution in [-0.2, 0) is 6.42 Å². The number of carbonyl (C=O) groups is 1. The number of aryl methyl sites for hydroxylation is 1. The van der Waals surface area contributed by atoms with Crippen molar-refractivity contribution in [3.63, 3.8) is 0 Å². The zero-order valence-electron chi connectivity index (χ0n) is 19.9. The quantitative estimate of drug-likeness (QED) is 0.553. The van der Waals surface area contributed by atoms with Crippen molar-refractivity contribution in [2.45, 2.75) is 45.6 Å². The fraction of sp³-hybridized carbons (Fsp3) is 0.407. The summed E-state index contributed by atoms with van der Waals surface area (Å²) in [6.07, 6.45) is 5.61. The van der Waals surface area contributed by atoms with Gasteiger partial charge in [0.2, 0.25) is 0 Å². The SMILES string of the molecule is CC(C)CCc1cnc2ccc(-c3cc(F)cc(C#N)c3)nc2c1C(=O)N(C)C[C@@H]1CCCN1. The van der Waals surface area contributed by atoms with Crippen LogP contribution in [0.3, 0.4) is 0 Å². The zero-order chi connectivity index (χ0) is 24.2. The maximum atomic E-state index is 14.1.